The summed E-state index contributed by atoms with van der Waals surface area (Å²) in [5.41, 5.74) is 9.22. The van der Waals surface area contributed by atoms with Gasteiger partial charge in [0.05, 0.1) is 6.54 Å². The molecule has 2 aromatic carbocycles. The van der Waals surface area contributed by atoms with E-state index in [-0.39, 0.29) is 12.0 Å². The second-order valence-corrected chi connectivity index (χ2v) is 5.23. The Morgan fingerprint density at radius 2 is 1.89 bits per heavy atom. The van der Waals surface area contributed by atoms with Gasteiger partial charge in [0.1, 0.15) is 0 Å². The van der Waals surface area contributed by atoms with E-state index >= 15 is 0 Å². The maximum atomic E-state index is 12.4. The molecule has 0 aliphatic carbocycles. The van der Waals surface area contributed by atoms with Gasteiger partial charge in [-0.1, -0.05) is 23.3 Å². The van der Waals surface area contributed by atoms with Crippen molar-refractivity contribution in [3.63, 3.8) is 0 Å². The van der Waals surface area contributed by atoms with Crippen LogP contribution in [0.5, 0.6) is 0 Å². The topological polar surface area (TPSA) is 65.8 Å². The molecular weight excluding hydrogens is 258 g/mol. The summed E-state index contributed by atoms with van der Waals surface area (Å²) in [5.74, 6) is 0. The summed E-state index contributed by atoms with van der Waals surface area (Å²) in [4.78, 5) is 15.2. The van der Waals surface area contributed by atoms with Crippen molar-refractivity contribution < 1.29 is 0 Å². The minimum Gasteiger partial charge on any atom is -0.289 e. The van der Waals surface area contributed by atoms with Gasteiger partial charge < -0.3 is 0 Å². The molecule has 92 valence electrons. The van der Waals surface area contributed by atoms with Crippen molar-refractivity contribution >= 4 is 31.5 Å². The molecule has 0 unspecified atom stereocenters. The van der Waals surface area contributed by atoms with Crippen LogP contribution < -0.4 is 5.43 Å². The maximum absolute atomic E-state index is 12.4. The number of fused-ring (bicyclic) bond motifs is 2. The summed E-state index contributed by atoms with van der Waals surface area (Å²) < 4.78 is 1.94. The van der Waals surface area contributed by atoms with E-state index in [4.69, 9.17) is 5.53 Å². The molecule has 0 aliphatic rings. The molecule has 0 spiro atoms. The third-order valence-corrected chi connectivity index (χ3v) is 4.11. The minimum atomic E-state index is 0.0344. The first-order chi connectivity index (χ1) is 9.29. The molecule has 0 saturated heterocycles. The lowest BCUT2D eigenvalue weighted by Gasteiger charge is -2.02. The highest BCUT2D eigenvalue weighted by Gasteiger charge is 2.05. The summed E-state index contributed by atoms with van der Waals surface area (Å²) >= 11 is 1.59. The fourth-order valence-electron chi connectivity index (χ4n) is 2.06. The van der Waals surface area contributed by atoms with Crippen molar-refractivity contribution in [1.29, 1.82) is 0 Å². The van der Waals surface area contributed by atoms with E-state index in [1.54, 1.807) is 11.3 Å². The van der Waals surface area contributed by atoms with Crippen LogP contribution in [-0.4, -0.2) is 0 Å². The normalized spacial score (nSPS) is 10.5. The van der Waals surface area contributed by atoms with Crippen molar-refractivity contribution in [2.24, 2.45) is 5.11 Å². The standard InChI is InChI=1S/C14H9N3OS/c15-17-16-8-9-5-6-13-11(7-9)14(18)10-3-1-2-4-12(10)19-13/h1-7H,8H2. The van der Waals surface area contributed by atoms with Gasteiger partial charge in [0.15, 0.2) is 5.43 Å². The highest BCUT2D eigenvalue weighted by molar-refractivity contribution is 7.24. The van der Waals surface area contributed by atoms with Gasteiger partial charge in [-0.2, -0.15) is 0 Å². The van der Waals surface area contributed by atoms with Gasteiger partial charge >= 0.3 is 0 Å². The van der Waals surface area contributed by atoms with Crippen LogP contribution in [-0.2, 0) is 6.54 Å². The molecule has 0 fully saturated rings. The van der Waals surface area contributed by atoms with Crippen LogP contribution >= 0.6 is 11.3 Å². The van der Waals surface area contributed by atoms with E-state index in [0.29, 0.717) is 5.39 Å². The molecule has 1 aromatic heterocycles. The molecule has 4 nitrogen and oxygen atoms in total. The zero-order chi connectivity index (χ0) is 13.2. The van der Waals surface area contributed by atoms with E-state index in [1.165, 1.54) is 0 Å². The molecule has 0 atom stereocenters. The third-order valence-electron chi connectivity index (χ3n) is 2.96. The molecule has 0 aliphatic heterocycles. The van der Waals surface area contributed by atoms with Gasteiger partial charge in [-0.05, 0) is 35.4 Å². The van der Waals surface area contributed by atoms with Crippen molar-refractivity contribution in [1.82, 2.24) is 0 Å². The predicted octanol–water partition coefficient (Wildman–Crippen LogP) is 4.23. The van der Waals surface area contributed by atoms with Crippen molar-refractivity contribution in [3.8, 4) is 0 Å². The first-order valence-electron chi connectivity index (χ1n) is 5.75. The summed E-state index contributed by atoms with van der Waals surface area (Å²) in [6.07, 6.45) is 0. The average molecular weight is 267 g/mol. The van der Waals surface area contributed by atoms with E-state index in [9.17, 15) is 4.79 Å². The van der Waals surface area contributed by atoms with Gasteiger partial charge in [-0.15, -0.1) is 11.3 Å². The molecule has 0 N–H and O–H groups in total. The monoisotopic (exact) mass is 267 g/mol. The van der Waals surface area contributed by atoms with Crippen LogP contribution in [0.3, 0.4) is 0 Å². The number of nitrogens with zero attached hydrogens (tertiary/aromatic N) is 3. The van der Waals surface area contributed by atoms with Crippen molar-refractivity contribution in [2.75, 3.05) is 0 Å². The summed E-state index contributed by atoms with van der Waals surface area (Å²) in [5, 5.41) is 4.95. The maximum Gasteiger partial charge on any atom is 0.195 e. The Bertz CT molecular complexity index is 879. The number of benzene rings is 2. The minimum absolute atomic E-state index is 0.0344. The van der Waals surface area contributed by atoms with Crippen LogP contribution in [0.15, 0.2) is 52.4 Å². The van der Waals surface area contributed by atoms with Crippen LogP contribution in [0.2, 0.25) is 0 Å². The van der Waals surface area contributed by atoms with E-state index < -0.39 is 0 Å². The van der Waals surface area contributed by atoms with Crippen LogP contribution in [0, 0.1) is 0 Å². The molecule has 1 heterocycles. The Labute approximate surface area is 112 Å². The van der Waals surface area contributed by atoms with Gasteiger partial charge in [0.2, 0.25) is 0 Å². The number of hydrogen-bond donors (Lipinski definition) is 0. The van der Waals surface area contributed by atoms with Crippen LogP contribution in [0.4, 0.5) is 0 Å². The largest absolute Gasteiger partial charge is 0.289 e. The Balaban J connectivity index is 2.33. The van der Waals surface area contributed by atoms with E-state index in [0.717, 1.165) is 20.3 Å². The van der Waals surface area contributed by atoms with Gasteiger partial charge in [0, 0.05) is 25.1 Å². The first-order valence-corrected chi connectivity index (χ1v) is 6.56. The Morgan fingerprint density at radius 3 is 2.74 bits per heavy atom. The Hall–Kier alpha value is -2.36. The highest BCUT2D eigenvalue weighted by Crippen LogP contribution is 2.25. The first kappa shape index (κ1) is 11.7. The lowest BCUT2D eigenvalue weighted by molar-refractivity contribution is 1.05. The molecule has 5 heteroatoms. The van der Waals surface area contributed by atoms with E-state index in [1.807, 2.05) is 42.5 Å². The van der Waals surface area contributed by atoms with Gasteiger partial charge in [-0.3, -0.25) is 4.79 Å². The molecule has 0 amide bonds. The fourth-order valence-corrected chi connectivity index (χ4v) is 3.11. The highest BCUT2D eigenvalue weighted by atomic mass is 32.1. The molecule has 19 heavy (non-hydrogen) atoms. The number of rotatable bonds is 2. The molecule has 3 aromatic rings. The second-order valence-electron chi connectivity index (χ2n) is 4.15. The van der Waals surface area contributed by atoms with E-state index in [2.05, 4.69) is 10.0 Å². The number of hydrogen-bond acceptors (Lipinski definition) is 3. The molecule has 0 saturated carbocycles. The molecule has 3 rings (SSSR count). The predicted molar refractivity (Wildman–Crippen MR) is 78.5 cm³/mol. The van der Waals surface area contributed by atoms with Gasteiger partial charge in [0.25, 0.3) is 0 Å². The zero-order valence-corrected chi connectivity index (χ0v) is 10.7. The smallest absolute Gasteiger partial charge is 0.195 e. The van der Waals surface area contributed by atoms with Crippen molar-refractivity contribution in [2.45, 2.75) is 6.54 Å². The Kier molecular flexibility index (Phi) is 2.91. The second kappa shape index (κ2) is 4.72. The zero-order valence-electron chi connectivity index (χ0n) is 9.91. The lowest BCUT2D eigenvalue weighted by Crippen LogP contribution is -2.01. The Morgan fingerprint density at radius 1 is 1.11 bits per heavy atom. The van der Waals surface area contributed by atoms with Gasteiger partial charge in [-0.25, -0.2) is 0 Å². The summed E-state index contributed by atoms with van der Waals surface area (Å²) in [7, 11) is 0. The molecular formula is C14H9N3OS. The number of azide groups is 1. The summed E-state index contributed by atoms with van der Waals surface area (Å²) in [6.45, 7) is 0.267. The van der Waals surface area contributed by atoms with Crippen molar-refractivity contribution in [3.05, 3.63) is 68.7 Å². The molecule has 0 bridgehead atoms. The average Bonchev–Trinajstić information content (AvgIpc) is 2.46. The van der Waals surface area contributed by atoms with Crippen LogP contribution in [0.25, 0.3) is 30.6 Å². The lowest BCUT2D eigenvalue weighted by atomic mass is 10.1. The van der Waals surface area contributed by atoms with Crippen LogP contribution in [0.1, 0.15) is 5.56 Å². The molecule has 0 radical (unpaired) electrons. The SMILES string of the molecule is [N-]=[N+]=NCc1ccc2sc3ccccc3c(=O)c2c1. The summed E-state index contributed by atoms with van der Waals surface area (Å²) in [6, 6.07) is 13.2. The quantitative estimate of drug-likeness (QED) is 0.296. The third kappa shape index (κ3) is 2.05. The fraction of sp³-hybridized carbons (Fsp3) is 0.0714.